The Bertz CT molecular complexity index is 676. The van der Waals surface area contributed by atoms with Crippen molar-refractivity contribution in [3.05, 3.63) is 23.3 Å². The van der Waals surface area contributed by atoms with Gasteiger partial charge in [-0.1, -0.05) is 0 Å². The molecule has 124 valence electrons. The van der Waals surface area contributed by atoms with Crippen molar-refractivity contribution >= 4 is 16.4 Å². The summed E-state index contributed by atoms with van der Waals surface area (Å²) in [6.45, 7) is 0. The number of rotatable bonds is 4. The zero-order valence-corrected chi connectivity index (χ0v) is 11.3. The van der Waals surface area contributed by atoms with Gasteiger partial charge in [0.15, 0.2) is 17.8 Å². The largest absolute Gasteiger partial charge is 0.534 e. The average Bonchev–Trinajstić information content (AvgIpc) is 2.34. The third kappa shape index (κ3) is 3.43. The highest BCUT2D eigenvalue weighted by Gasteiger charge is 2.50. The fourth-order valence-electron chi connectivity index (χ4n) is 1.37. The summed E-state index contributed by atoms with van der Waals surface area (Å²) in [5.41, 5.74) is -9.06. The molecule has 0 aliphatic rings. The molecule has 0 radical (unpaired) electrons. The Balaban J connectivity index is 3.68. The number of carbonyl (C=O) groups excluding carboxylic acids is 1. The standard InChI is InChI=1S/C10H6F6O5S/c1-20-6-3-2-5(4-17)7(9(11,12)13)8(6)21-22(18,19)10(14,15)16/h2-4H,1H3. The molecule has 0 saturated carbocycles. The van der Waals surface area contributed by atoms with Crippen molar-refractivity contribution in [3.63, 3.8) is 0 Å². The SMILES string of the molecule is COc1ccc(C=O)c(C(F)(F)F)c1OS(=O)(=O)C(F)(F)F. The summed E-state index contributed by atoms with van der Waals surface area (Å²) in [4.78, 5) is 10.6. The molecule has 12 heteroatoms. The highest BCUT2D eigenvalue weighted by atomic mass is 32.2. The van der Waals surface area contributed by atoms with Crippen molar-refractivity contribution in [1.82, 2.24) is 0 Å². The second kappa shape index (κ2) is 5.66. The first-order valence-electron chi connectivity index (χ1n) is 5.09. The summed E-state index contributed by atoms with van der Waals surface area (Å²) >= 11 is 0. The van der Waals surface area contributed by atoms with Crippen LogP contribution in [0, 0.1) is 0 Å². The van der Waals surface area contributed by atoms with Crippen molar-refractivity contribution in [2.24, 2.45) is 0 Å². The quantitative estimate of drug-likeness (QED) is 0.361. The molecule has 0 heterocycles. The van der Waals surface area contributed by atoms with Gasteiger partial charge in [-0.05, 0) is 12.1 Å². The maximum Gasteiger partial charge on any atom is 0.534 e. The van der Waals surface area contributed by atoms with E-state index in [9.17, 15) is 39.6 Å². The van der Waals surface area contributed by atoms with Crippen LogP contribution in [0.5, 0.6) is 11.5 Å². The second-order valence-electron chi connectivity index (χ2n) is 3.66. The first-order valence-corrected chi connectivity index (χ1v) is 6.50. The van der Waals surface area contributed by atoms with Crippen molar-refractivity contribution < 1.29 is 48.5 Å². The van der Waals surface area contributed by atoms with E-state index in [-0.39, 0.29) is 6.29 Å². The number of methoxy groups -OCH3 is 1. The zero-order chi connectivity index (χ0) is 17.3. The fourth-order valence-corrected chi connectivity index (χ4v) is 1.85. The van der Waals surface area contributed by atoms with E-state index in [1.807, 2.05) is 0 Å². The van der Waals surface area contributed by atoms with Crippen LogP contribution in [-0.4, -0.2) is 27.3 Å². The molecule has 0 fully saturated rings. The molecule has 1 rings (SSSR count). The van der Waals surface area contributed by atoms with Crippen LogP contribution < -0.4 is 8.92 Å². The molecule has 0 saturated heterocycles. The molecule has 22 heavy (non-hydrogen) atoms. The summed E-state index contributed by atoms with van der Waals surface area (Å²) in [6.07, 6.45) is -5.67. The van der Waals surface area contributed by atoms with Crippen LogP contribution in [0.3, 0.4) is 0 Å². The smallest absolute Gasteiger partial charge is 0.493 e. The molecule has 1 aromatic carbocycles. The summed E-state index contributed by atoms with van der Waals surface area (Å²) < 4.78 is 105. The molecule has 1 aromatic rings. The molecule has 0 aromatic heterocycles. The first-order chi connectivity index (χ1) is 9.85. The number of benzene rings is 1. The monoisotopic (exact) mass is 352 g/mol. The molecule has 0 aliphatic heterocycles. The number of halogens is 6. The maximum absolute atomic E-state index is 12.9. The Morgan fingerprint density at radius 3 is 2.00 bits per heavy atom. The van der Waals surface area contributed by atoms with Gasteiger partial charge in [-0.3, -0.25) is 4.79 Å². The van der Waals surface area contributed by atoms with E-state index in [1.165, 1.54) is 0 Å². The normalized spacial score (nSPS) is 12.9. The lowest BCUT2D eigenvalue weighted by molar-refractivity contribution is -0.138. The Hall–Kier alpha value is -1.98. The Morgan fingerprint density at radius 1 is 1.09 bits per heavy atom. The van der Waals surface area contributed by atoms with Crippen LogP contribution in [0.15, 0.2) is 12.1 Å². The lowest BCUT2D eigenvalue weighted by Crippen LogP contribution is -2.29. The number of carbonyl (C=O) groups is 1. The van der Waals surface area contributed by atoms with Crippen LogP contribution in [0.4, 0.5) is 26.3 Å². The number of ether oxygens (including phenoxy) is 1. The third-order valence-electron chi connectivity index (χ3n) is 2.26. The minimum atomic E-state index is -6.39. The van der Waals surface area contributed by atoms with Crippen molar-refractivity contribution in [2.75, 3.05) is 7.11 Å². The van der Waals surface area contributed by atoms with Gasteiger partial charge in [0.2, 0.25) is 0 Å². The number of aldehydes is 1. The average molecular weight is 352 g/mol. The van der Waals surface area contributed by atoms with Gasteiger partial charge in [0.25, 0.3) is 0 Å². The molecule has 0 atom stereocenters. The Morgan fingerprint density at radius 2 is 1.64 bits per heavy atom. The predicted octanol–water partition coefficient (Wildman–Crippen LogP) is 2.75. The lowest BCUT2D eigenvalue weighted by atomic mass is 10.1. The van der Waals surface area contributed by atoms with E-state index in [0.29, 0.717) is 12.1 Å². The number of alkyl halides is 6. The summed E-state index contributed by atoms with van der Waals surface area (Å²) in [6, 6.07) is 1.27. The summed E-state index contributed by atoms with van der Waals surface area (Å²) in [5.74, 6) is -2.71. The van der Waals surface area contributed by atoms with E-state index >= 15 is 0 Å². The van der Waals surface area contributed by atoms with Gasteiger partial charge in [0.05, 0.1) is 7.11 Å². The summed E-state index contributed by atoms with van der Waals surface area (Å²) in [5, 5.41) is 0. The van der Waals surface area contributed by atoms with Crippen molar-refractivity contribution in [2.45, 2.75) is 11.7 Å². The van der Waals surface area contributed by atoms with Crippen molar-refractivity contribution in [1.29, 1.82) is 0 Å². The predicted molar refractivity (Wildman–Crippen MR) is 59.0 cm³/mol. The van der Waals surface area contributed by atoms with Crippen LogP contribution in [0.1, 0.15) is 15.9 Å². The summed E-state index contributed by atoms with van der Waals surface area (Å²) in [7, 11) is -5.61. The van der Waals surface area contributed by atoms with Gasteiger partial charge in [0.1, 0.15) is 5.56 Å². The molecular formula is C10H6F6O5S. The minimum Gasteiger partial charge on any atom is -0.493 e. The van der Waals surface area contributed by atoms with E-state index in [4.69, 9.17) is 0 Å². The molecule has 0 amide bonds. The molecule has 0 bridgehead atoms. The second-order valence-corrected chi connectivity index (χ2v) is 5.20. The van der Waals surface area contributed by atoms with Gasteiger partial charge in [-0.25, -0.2) is 0 Å². The molecule has 0 unspecified atom stereocenters. The molecule has 5 nitrogen and oxygen atoms in total. The van der Waals surface area contributed by atoms with Gasteiger partial charge < -0.3 is 8.92 Å². The Labute approximate surface area is 119 Å². The van der Waals surface area contributed by atoms with Crippen LogP contribution >= 0.6 is 0 Å². The van der Waals surface area contributed by atoms with E-state index in [1.54, 1.807) is 0 Å². The topological polar surface area (TPSA) is 69.7 Å². The van der Waals surface area contributed by atoms with Gasteiger partial charge in [0, 0.05) is 5.56 Å². The van der Waals surface area contributed by atoms with E-state index < -0.39 is 44.4 Å². The molecular weight excluding hydrogens is 346 g/mol. The van der Waals surface area contributed by atoms with Crippen LogP contribution in [-0.2, 0) is 16.3 Å². The minimum absolute atomic E-state index is 0.310. The highest BCUT2D eigenvalue weighted by molar-refractivity contribution is 7.88. The van der Waals surface area contributed by atoms with Gasteiger partial charge in [-0.2, -0.15) is 34.8 Å². The lowest BCUT2D eigenvalue weighted by Gasteiger charge is -2.18. The van der Waals surface area contributed by atoms with E-state index in [2.05, 4.69) is 8.92 Å². The molecule has 0 N–H and O–H groups in total. The number of hydrogen-bond donors (Lipinski definition) is 0. The highest BCUT2D eigenvalue weighted by Crippen LogP contribution is 2.45. The number of hydrogen-bond acceptors (Lipinski definition) is 5. The van der Waals surface area contributed by atoms with Crippen molar-refractivity contribution in [3.8, 4) is 11.5 Å². The molecule has 0 aliphatic carbocycles. The van der Waals surface area contributed by atoms with Gasteiger partial charge in [-0.15, -0.1) is 0 Å². The van der Waals surface area contributed by atoms with E-state index in [0.717, 1.165) is 7.11 Å². The first kappa shape index (κ1) is 18.1. The zero-order valence-electron chi connectivity index (χ0n) is 10.4. The van der Waals surface area contributed by atoms with Crippen LogP contribution in [0.2, 0.25) is 0 Å². The van der Waals surface area contributed by atoms with Crippen LogP contribution in [0.25, 0.3) is 0 Å². The Kier molecular flexibility index (Phi) is 4.65. The molecule has 0 spiro atoms. The maximum atomic E-state index is 12.9. The third-order valence-corrected chi connectivity index (χ3v) is 3.21. The van der Waals surface area contributed by atoms with Gasteiger partial charge >= 0.3 is 21.8 Å². The fraction of sp³-hybridized carbons (Fsp3) is 0.300.